The Morgan fingerprint density at radius 2 is 1.85 bits per heavy atom. The molecule has 108 valence electrons. The molecule has 0 radical (unpaired) electrons. The lowest BCUT2D eigenvalue weighted by Gasteiger charge is -2.18. The van der Waals surface area contributed by atoms with Crippen LogP contribution in [0, 0.1) is 5.92 Å². The first-order chi connectivity index (χ1) is 9.63. The normalized spacial score (nSPS) is 12.7. The highest BCUT2D eigenvalue weighted by Crippen LogP contribution is 2.22. The third-order valence-corrected chi connectivity index (χ3v) is 3.63. The molecule has 1 unspecified atom stereocenters. The zero-order chi connectivity index (χ0) is 14.5. The molecule has 0 aliphatic rings. The van der Waals surface area contributed by atoms with Crippen molar-refractivity contribution < 1.29 is 4.74 Å². The van der Waals surface area contributed by atoms with Gasteiger partial charge < -0.3 is 14.6 Å². The largest absolute Gasteiger partial charge is 0.497 e. The van der Waals surface area contributed by atoms with Gasteiger partial charge in [-0.25, -0.2) is 0 Å². The lowest BCUT2D eigenvalue weighted by atomic mass is 9.99. The molecular formula is C17H24N2O. The summed E-state index contributed by atoms with van der Waals surface area (Å²) in [7, 11) is 3.71. The maximum Gasteiger partial charge on any atom is 0.118 e. The van der Waals surface area contributed by atoms with Crippen LogP contribution in [0.25, 0.3) is 0 Å². The lowest BCUT2D eigenvalue weighted by Crippen LogP contribution is -2.21. The Kier molecular flexibility index (Phi) is 4.85. The molecule has 1 atom stereocenters. The minimum absolute atomic E-state index is 0.409. The fraction of sp³-hybridized carbons (Fsp3) is 0.412. The van der Waals surface area contributed by atoms with Crippen LogP contribution in [0.3, 0.4) is 0 Å². The summed E-state index contributed by atoms with van der Waals surface area (Å²) >= 11 is 0. The molecule has 1 heterocycles. The summed E-state index contributed by atoms with van der Waals surface area (Å²) in [4.78, 5) is 0. The molecule has 3 heteroatoms. The predicted molar refractivity (Wildman–Crippen MR) is 83.2 cm³/mol. The van der Waals surface area contributed by atoms with Gasteiger partial charge in [0.1, 0.15) is 5.75 Å². The van der Waals surface area contributed by atoms with E-state index in [0.29, 0.717) is 12.0 Å². The zero-order valence-electron chi connectivity index (χ0n) is 12.8. The molecule has 0 saturated heterocycles. The number of hydrogen-bond donors (Lipinski definition) is 1. The number of rotatable bonds is 6. The molecule has 0 amide bonds. The Morgan fingerprint density at radius 1 is 1.15 bits per heavy atom. The second-order valence-electron chi connectivity index (χ2n) is 5.48. The van der Waals surface area contributed by atoms with Gasteiger partial charge in [0.15, 0.2) is 0 Å². The van der Waals surface area contributed by atoms with Crippen LogP contribution >= 0.6 is 0 Å². The molecule has 0 aliphatic heterocycles. The van der Waals surface area contributed by atoms with E-state index in [0.717, 1.165) is 12.3 Å². The van der Waals surface area contributed by atoms with Crippen molar-refractivity contribution in [2.45, 2.75) is 26.4 Å². The van der Waals surface area contributed by atoms with Gasteiger partial charge in [-0.3, -0.25) is 0 Å². The van der Waals surface area contributed by atoms with Crippen LogP contribution in [0.15, 0.2) is 42.7 Å². The van der Waals surface area contributed by atoms with Crippen molar-refractivity contribution >= 4 is 0 Å². The molecule has 1 aromatic carbocycles. The molecule has 3 nitrogen and oxygen atoms in total. The van der Waals surface area contributed by atoms with Gasteiger partial charge in [-0.05, 0) is 42.3 Å². The summed E-state index contributed by atoms with van der Waals surface area (Å²) in [6.45, 7) is 5.36. The van der Waals surface area contributed by atoms with Gasteiger partial charge in [-0.15, -0.1) is 0 Å². The van der Waals surface area contributed by atoms with Crippen LogP contribution in [0.5, 0.6) is 5.75 Å². The van der Waals surface area contributed by atoms with Crippen molar-refractivity contribution in [1.29, 1.82) is 0 Å². The Balaban J connectivity index is 2.08. The monoisotopic (exact) mass is 272 g/mol. The van der Waals surface area contributed by atoms with E-state index in [1.165, 1.54) is 11.1 Å². The minimum Gasteiger partial charge on any atom is -0.497 e. The van der Waals surface area contributed by atoms with Crippen LogP contribution in [0.4, 0.5) is 0 Å². The lowest BCUT2D eigenvalue weighted by molar-refractivity contribution is 0.414. The average molecular weight is 272 g/mol. The minimum atomic E-state index is 0.409. The Labute approximate surface area is 121 Å². The summed E-state index contributed by atoms with van der Waals surface area (Å²) in [6, 6.07) is 10.8. The van der Waals surface area contributed by atoms with Crippen LogP contribution in [0.1, 0.15) is 31.0 Å². The Morgan fingerprint density at radius 3 is 2.40 bits per heavy atom. The number of nitrogens with zero attached hydrogens (tertiary/aromatic N) is 1. The molecular weight excluding hydrogens is 248 g/mol. The van der Waals surface area contributed by atoms with Crippen LogP contribution < -0.4 is 10.1 Å². The molecule has 0 bridgehead atoms. The summed E-state index contributed by atoms with van der Waals surface area (Å²) in [6.07, 6.45) is 4.37. The quantitative estimate of drug-likeness (QED) is 0.871. The first kappa shape index (κ1) is 14.7. The van der Waals surface area contributed by atoms with Crippen molar-refractivity contribution in [2.24, 2.45) is 5.92 Å². The van der Waals surface area contributed by atoms with Crippen molar-refractivity contribution in [3.05, 3.63) is 53.9 Å². The number of methoxy groups -OCH3 is 1. The average Bonchev–Trinajstić information content (AvgIpc) is 2.88. The summed E-state index contributed by atoms with van der Waals surface area (Å²) in [5, 5.41) is 3.38. The SMILES string of the molecule is CNC(c1ccn(Cc2ccc(OC)cc2)c1)C(C)C. The van der Waals surface area contributed by atoms with Crippen molar-refractivity contribution in [2.75, 3.05) is 14.2 Å². The summed E-state index contributed by atoms with van der Waals surface area (Å²) in [5.41, 5.74) is 2.62. The zero-order valence-corrected chi connectivity index (χ0v) is 12.8. The smallest absolute Gasteiger partial charge is 0.118 e. The first-order valence-electron chi connectivity index (χ1n) is 7.10. The number of ether oxygens (including phenoxy) is 1. The first-order valence-corrected chi connectivity index (χ1v) is 7.10. The maximum atomic E-state index is 5.18. The number of benzene rings is 1. The molecule has 2 rings (SSSR count). The van der Waals surface area contributed by atoms with Gasteiger partial charge in [0.05, 0.1) is 7.11 Å². The van der Waals surface area contributed by atoms with Crippen LogP contribution in [-0.2, 0) is 6.54 Å². The third kappa shape index (κ3) is 3.42. The Bertz CT molecular complexity index is 528. The fourth-order valence-corrected chi connectivity index (χ4v) is 2.57. The fourth-order valence-electron chi connectivity index (χ4n) is 2.57. The summed E-state index contributed by atoms with van der Waals surface area (Å²) < 4.78 is 7.41. The second-order valence-corrected chi connectivity index (χ2v) is 5.48. The third-order valence-electron chi connectivity index (χ3n) is 3.63. The molecule has 0 spiro atoms. The van der Waals surface area contributed by atoms with Gasteiger partial charge in [-0.1, -0.05) is 26.0 Å². The van der Waals surface area contributed by atoms with Crippen molar-refractivity contribution in [1.82, 2.24) is 9.88 Å². The van der Waals surface area contributed by atoms with E-state index in [2.05, 4.69) is 54.3 Å². The van der Waals surface area contributed by atoms with E-state index in [9.17, 15) is 0 Å². The molecule has 0 saturated carbocycles. The topological polar surface area (TPSA) is 26.2 Å². The highest BCUT2D eigenvalue weighted by atomic mass is 16.5. The van der Waals surface area contributed by atoms with E-state index in [-0.39, 0.29) is 0 Å². The van der Waals surface area contributed by atoms with Crippen molar-refractivity contribution in [3.8, 4) is 5.75 Å². The van der Waals surface area contributed by atoms with Crippen LogP contribution in [-0.4, -0.2) is 18.7 Å². The number of nitrogens with one attached hydrogen (secondary N) is 1. The van der Waals surface area contributed by atoms with Gasteiger partial charge >= 0.3 is 0 Å². The molecule has 1 N–H and O–H groups in total. The van der Waals surface area contributed by atoms with Gasteiger partial charge in [0, 0.05) is 25.0 Å². The molecule has 0 aliphatic carbocycles. The standard InChI is InChI=1S/C17H24N2O/c1-13(2)17(18-3)15-9-10-19(12-15)11-14-5-7-16(20-4)8-6-14/h5-10,12-13,17-18H,11H2,1-4H3. The van der Waals surface area contributed by atoms with Gasteiger partial charge in [0.2, 0.25) is 0 Å². The second kappa shape index (κ2) is 6.62. The summed E-state index contributed by atoms with van der Waals surface area (Å²) in [5.74, 6) is 1.48. The highest BCUT2D eigenvalue weighted by molar-refractivity contribution is 5.28. The number of aromatic nitrogens is 1. The predicted octanol–water partition coefficient (Wildman–Crippen LogP) is 3.46. The highest BCUT2D eigenvalue weighted by Gasteiger charge is 2.14. The van der Waals surface area contributed by atoms with Crippen molar-refractivity contribution in [3.63, 3.8) is 0 Å². The van der Waals surface area contributed by atoms with Gasteiger partial charge in [0.25, 0.3) is 0 Å². The molecule has 20 heavy (non-hydrogen) atoms. The molecule has 2 aromatic rings. The van der Waals surface area contributed by atoms with E-state index in [4.69, 9.17) is 4.74 Å². The van der Waals surface area contributed by atoms with E-state index in [1.807, 2.05) is 19.2 Å². The maximum absolute atomic E-state index is 5.18. The molecule has 1 aromatic heterocycles. The van der Waals surface area contributed by atoms with E-state index in [1.54, 1.807) is 7.11 Å². The van der Waals surface area contributed by atoms with Gasteiger partial charge in [-0.2, -0.15) is 0 Å². The number of hydrogen-bond acceptors (Lipinski definition) is 2. The Hall–Kier alpha value is -1.74. The van der Waals surface area contributed by atoms with E-state index < -0.39 is 0 Å². The molecule has 0 fully saturated rings. The van der Waals surface area contributed by atoms with Crippen LogP contribution in [0.2, 0.25) is 0 Å². The van der Waals surface area contributed by atoms with E-state index >= 15 is 0 Å².